The largest absolute Gasteiger partial charge is 0.385 e. The number of fused-ring (bicyclic) bond motifs is 4. The molecule has 2 aliphatic heterocycles. The fraction of sp³-hybridized carbons (Fsp3) is 0.297. The van der Waals surface area contributed by atoms with E-state index in [-0.39, 0.29) is 8.85 Å². The summed E-state index contributed by atoms with van der Waals surface area (Å²) < 4.78 is 0. The van der Waals surface area contributed by atoms with Crippen molar-refractivity contribution in [1.29, 1.82) is 0 Å². The van der Waals surface area contributed by atoms with Crippen LogP contribution in [-0.2, 0) is 25.7 Å². The summed E-state index contributed by atoms with van der Waals surface area (Å²) >= 11 is 0. The van der Waals surface area contributed by atoms with Gasteiger partial charge in [0.05, 0.1) is 5.52 Å². The molecule has 0 amide bonds. The Morgan fingerprint density at radius 2 is 1.00 bits per heavy atom. The van der Waals surface area contributed by atoms with Crippen LogP contribution in [0.5, 0.6) is 0 Å². The number of nitrogens with one attached hydrogen (secondary N) is 2. The number of benzene rings is 3. The Morgan fingerprint density at radius 1 is 0.488 bits per heavy atom. The highest BCUT2D eigenvalue weighted by Crippen LogP contribution is 2.21. The average Bonchev–Trinajstić information content (AvgIpc) is 3.06. The van der Waals surface area contributed by atoms with Crippen LogP contribution < -0.4 is 10.6 Å². The van der Waals surface area contributed by atoms with E-state index in [1.54, 1.807) is 0 Å². The van der Waals surface area contributed by atoms with Crippen molar-refractivity contribution in [3.05, 3.63) is 132 Å². The Balaban J connectivity index is 0.000000151. The Labute approximate surface area is 247 Å². The van der Waals surface area contributed by atoms with Gasteiger partial charge >= 0.3 is 0 Å². The molecule has 0 saturated carbocycles. The number of nitrogens with zero attached hydrogens (tertiary/aromatic N) is 2. The molecule has 0 radical (unpaired) electrons. The number of rotatable bonds is 0. The van der Waals surface area contributed by atoms with Crippen LogP contribution in [0.4, 0.5) is 11.4 Å². The summed E-state index contributed by atoms with van der Waals surface area (Å²) in [6.07, 6.45) is 13.8. The number of hydrogen-bond acceptors (Lipinski definition) is 4. The number of para-hydroxylation sites is 3. The summed E-state index contributed by atoms with van der Waals surface area (Å²) in [5.41, 5.74) is 9.44. The van der Waals surface area contributed by atoms with Gasteiger partial charge in [-0.3, -0.25) is 9.97 Å². The second-order valence-electron chi connectivity index (χ2n) is 10.4. The van der Waals surface area contributed by atoms with Gasteiger partial charge in [-0.15, -0.1) is 0 Å². The molecule has 2 aromatic heterocycles. The molecule has 2 N–H and O–H groups in total. The van der Waals surface area contributed by atoms with Crippen molar-refractivity contribution in [2.45, 2.75) is 58.8 Å². The molecule has 0 fully saturated rings. The molecule has 0 atom stereocenters. The Hall–Kier alpha value is -4.18. The van der Waals surface area contributed by atoms with Gasteiger partial charge < -0.3 is 10.6 Å². The summed E-state index contributed by atoms with van der Waals surface area (Å²) in [4.78, 5) is 8.50. The minimum atomic E-state index is 0. The van der Waals surface area contributed by atoms with Crippen molar-refractivity contribution in [2.24, 2.45) is 0 Å². The van der Waals surface area contributed by atoms with Gasteiger partial charge in [-0.1, -0.05) is 74.2 Å². The van der Waals surface area contributed by atoms with Gasteiger partial charge in [-0.25, -0.2) is 0 Å². The van der Waals surface area contributed by atoms with E-state index in [0.717, 1.165) is 18.6 Å². The molecule has 1 aliphatic carbocycles. The van der Waals surface area contributed by atoms with Crippen molar-refractivity contribution >= 4 is 22.3 Å². The van der Waals surface area contributed by atoms with Gasteiger partial charge in [-0.05, 0) is 98.4 Å². The fourth-order valence-corrected chi connectivity index (χ4v) is 5.37. The number of aryl methyl sites for hydroxylation is 4. The van der Waals surface area contributed by atoms with E-state index in [2.05, 4.69) is 87.3 Å². The van der Waals surface area contributed by atoms with E-state index in [1.807, 2.05) is 42.7 Å². The van der Waals surface area contributed by atoms with E-state index in [9.17, 15) is 0 Å². The molecule has 41 heavy (non-hydrogen) atoms. The van der Waals surface area contributed by atoms with E-state index in [4.69, 9.17) is 0 Å². The zero-order chi connectivity index (χ0) is 27.2. The van der Waals surface area contributed by atoms with Crippen molar-refractivity contribution in [3.8, 4) is 0 Å². The summed E-state index contributed by atoms with van der Waals surface area (Å²) in [6.45, 7) is 2.27. The minimum Gasteiger partial charge on any atom is -0.385 e. The summed E-state index contributed by atoms with van der Waals surface area (Å²) in [5.74, 6) is 0. The van der Waals surface area contributed by atoms with Gasteiger partial charge in [0.15, 0.2) is 0 Å². The van der Waals surface area contributed by atoms with Gasteiger partial charge in [0.25, 0.3) is 0 Å². The lowest BCUT2D eigenvalue weighted by molar-refractivity contribution is 0.668. The first-order valence-corrected chi connectivity index (χ1v) is 14.7. The molecule has 4 nitrogen and oxygen atoms in total. The van der Waals surface area contributed by atoms with E-state index in [0.29, 0.717) is 0 Å². The van der Waals surface area contributed by atoms with Crippen LogP contribution in [0.1, 0.15) is 56.9 Å². The van der Waals surface area contributed by atoms with Crippen LogP contribution >= 0.6 is 0 Å². The number of anilines is 2. The Morgan fingerprint density at radius 3 is 1.66 bits per heavy atom. The van der Waals surface area contributed by atoms with Gasteiger partial charge in [0, 0.05) is 49.4 Å². The maximum absolute atomic E-state index is 4.32. The highest BCUT2D eigenvalue weighted by atomic mass is 14.9. The maximum atomic E-state index is 4.32. The first-order valence-electron chi connectivity index (χ1n) is 14.7. The molecule has 0 spiro atoms. The van der Waals surface area contributed by atoms with Crippen LogP contribution in [-0.4, -0.2) is 23.1 Å². The first kappa shape index (κ1) is 29.8. The van der Waals surface area contributed by atoms with E-state index >= 15 is 0 Å². The number of aromatic nitrogens is 2. The highest BCUT2D eigenvalue weighted by Gasteiger charge is 2.08. The molecule has 3 aromatic carbocycles. The molecule has 4 heteroatoms. The zero-order valence-corrected chi connectivity index (χ0v) is 23.4. The third kappa shape index (κ3) is 8.91. The molecule has 0 bridgehead atoms. The molecule has 0 unspecified atom stereocenters. The number of pyridine rings is 2. The third-order valence-corrected chi connectivity index (χ3v) is 7.52. The molecule has 8 rings (SSSR count). The van der Waals surface area contributed by atoms with Gasteiger partial charge in [-0.2, -0.15) is 0 Å². The summed E-state index contributed by atoms with van der Waals surface area (Å²) in [7, 11) is 0. The normalized spacial score (nSPS) is 14.0. The molecular formula is C37H46N4. The van der Waals surface area contributed by atoms with Crippen LogP contribution in [0.3, 0.4) is 0 Å². The molecule has 0 saturated heterocycles. The quantitative estimate of drug-likeness (QED) is 0.203. The lowest BCUT2D eigenvalue weighted by atomic mass is 9.96. The van der Waals surface area contributed by atoms with E-state index in [1.165, 1.54) is 90.5 Å². The smallest absolute Gasteiger partial charge is 0.0701 e. The third-order valence-electron chi connectivity index (χ3n) is 7.52. The average molecular weight is 548 g/mol. The molecular weight excluding hydrogens is 500 g/mol. The lowest BCUT2D eigenvalue weighted by Crippen LogP contribution is -2.10. The molecule has 3 aliphatic rings. The van der Waals surface area contributed by atoms with Crippen molar-refractivity contribution < 1.29 is 1.43 Å². The summed E-state index contributed by atoms with van der Waals surface area (Å²) in [5, 5.41) is 7.92. The summed E-state index contributed by atoms with van der Waals surface area (Å²) in [6, 6.07) is 33.4. The first-order chi connectivity index (χ1) is 19.9. The second kappa shape index (κ2) is 16.2. The fourth-order valence-electron chi connectivity index (χ4n) is 5.37. The lowest BCUT2D eigenvalue weighted by Gasteiger charge is -2.16. The van der Waals surface area contributed by atoms with Gasteiger partial charge in [0.1, 0.15) is 0 Å². The topological polar surface area (TPSA) is 49.8 Å². The van der Waals surface area contributed by atoms with Gasteiger partial charge in [0.2, 0.25) is 0 Å². The zero-order valence-electron chi connectivity index (χ0n) is 23.4. The maximum Gasteiger partial charge on any atom is 0.0701 e. The molecule has 5 aromatic rings. The predicted molar refractivity (Wildman–Crippen MR) is 178 cm³/mol. The van der Waals surface area contributed by atoms with Crippen LogP contribution in [0, 0.1) is 0 Å². The molecule has 214 valence electrons. The standard InChI is InChI=1S/3C9H11N.C9H7N.CH4.H2/c4*1-2-6-9-8(4-1)5-3-7-10-9;;/h3,5,7H,1-2,4,6H2;2*1-2,4,6,10H,3,5,7H2;1-7H;1H4;1H/i;;;;;1+1. The number of hydrogen-bond donors (Lipinski definition) is 2. The minimum absolute atomic E-state index is 0. The van der Waals surface area contributed by atoms with Crippen molar-refractivity contribution in [3.63, 3.8) is 0 Å². The Kier molecular flexibility index (Phi) is 11.8. The predicted octanol–water partition coefficient (Wildman–Crippen LogP) is 9.17. The van der Waals surface area contributed by atoms with Crippen molar-refractivity contribution in [1.82, 2.24) is 9.97 Å². The Bertz CT molecular complexity index is 1220. The van der Waals surface area contributed by atoms with Crippen LogP contribution in [0.2, 0.25) is 0 Å². The van der Waals surface area contributed by atoms with Crippen LogP contribution in [0.25, 0.3) is 10.9 Å². The van der Waals surface area contributed by atoms with Crippen LogP contribution in [0.15, 0.2) is 109 Å². The van der Waals surface area contributed by atoms with E-state index < -0.39 is 0 Å². The highest BCUT2D eigenvalue weighted by molar-refractivity contribution is 5.77. The molecule has 4 heterocycles. The second-order valence-corrected chi connectivity index (χ2v) is 10.4. The monoisotopic (exact) mass is 547 g/mol. The van der Waals surface area contributed by atoms with Crippen molar-refractivity contribution in [2.75, 3.05) is 23.7 Å². The SMILES string of the molecule is C.[2HH].c1ccc2c(c1)CCCN2.c1ccc2c(c1)CCCN2.c1ccc2ncccc2c1.c1cnc2c(c1)CCCC2.